The summed E-state index contributed by atoms with van der Waals surface area (Å²) >= 11 is 5.77. The highest BCUT2D eigenvalue weighted by Gasteiger charge is 2.12. The second-order valence-corrected chi connectivity index (χ2v) is 5.35. The summed E-state index contributed by atoms with van der Waals surface area (Å²) in [6.45, 7) is 2.66. The number of aryl methyl sites for hydroxylation is 1. The van der Waals surface area contributed by atoms with Crippen molar-refractivity contribution in [2.24, 2.45) is 0 Å². The van der Waals surface area contributed by atoms with E-state index in [1.807, 2.05) is 6.92 Å². The van der Waals surface area contributed by atoms with Crippen LogP contribution in [-0.2, 0) is 22.7 Å². The zero-order chi connectivity index (χ0) is 16.7. The van der Waals surface area contributed by atoms with E-state index in [-0.39, 0.29) is 25.2 Å². The molecule has 0 amide bonds. The first kappa shape index (κ1) is 17.1. The molecule has 0 unspecified atom stereocenters. The molecule has 0 saturated heterocycles. The summed E-state index contributed by atoms with van der Waals surface area (Å²) in [7, 11) is 0. The minimum Gasteiger partial charge on any atom is -0.457 e. The molecule has 122 valence electrons. The number of rotatable bonds is 8. The second-order valence-electron chi connectivity index (χ2n) is 4.91. The first-order valence-corrected chi connectivity index (χ1v) is 7.67. The van der Waals surface area contributed by atoms with Gasteiger partial charge in [-0.25, -0.2) is 4.68 Å². The number of Topliss-reactive ketones (excluding diaryl/α,β-unsaturated/α-hetero) is 1. The molecule has 2 aromatic rings. The molecule has 1 aromatic carbocycles. The zero-order valence-electron chi connectivity index (χ0n) is 12.7. The molecule has 0 saturated carbocycles. The third-order valence-electron chi connectivity index (χ3n) is 3.13. The lowest BCUT2D eigenvalue weighted by Gasteiger charge is -2.05. The number of nitrogens with zero attached hydrogens (tertiary/aromatic N) is 4. The van der Waals surface area contributed by atoms with Crippen molar-refractivity contribution in [1.82, 2.24) is 20.2 Å². The van der Waals surface area contributed by atoms with Gasteiger partial charge in [-0.15, -0.1) is 5.10 Å². The number of esters is 1. The molecule has 2 rings (SSSR count). The van der Waals surface area contributed by atoms with Gasteiger partial charge < -0.3 is 4.74 Å². The molecule has 23 heavy (non-hydrogen) atoms. The topological polar surface area (TPSA) is 87.0 Å². The molecule has 0 N–H and O–H groups in total. The van der Waals surface area contributed by atoms with Gasteiger partial charge in [-0.3, -0.25) is 9.59 Å². The number of carbonyl (C=O) groups excluding carboxylic acids is 2. The molecule has 1 heterocycles. The van der Waals surface area contributed by atoms with E-state index >= 15 is 0 Å². The standard InChI is InChI=1S/C15H17ClN4O3/c1-2-9-20-14(17-18-19-20)10-23-15(22)8-7-13(21)11-3-5-12(16)6-4-11/h3-6H,2,7-10H2,1H3. The Morgan fingerprint density at radius 1 is 1.22 bits per heavy atom. The van der Waals surface area contributed by atoms with Crippen LogP contribution in [0.5, 0.6) is 0 Å². The number of ether oxygens (including phenoxy) is 1. The normalized spacial score (nSPS) is 10.5. The maximum absolute atomic E-state index is 11.9. The summed E-state index contributed by atoms with van der Waals surface area (Å²) in [6, 6.07) is 6.55. The SMILES string of the molecule is CCCn1nnnc1COC(=O)CCC(=O)c1ccc(Cl)cc1. The summed E-state index contributed by atoms with van der Waals surface area (Å²) in [5.41, 5.74) is 0.522. The number of halogens is 1. The van der Waals surface area contributed by atoms with Crippen LogP contribution in [-0.4, -0.2) is 32.0 Å². The number of benzene rings is 1. The number of carbonyl (C=O) groups is 2. The van der Waals surface area contributed by atoms with Crippen molar-refractivity contribution < 1.29 is 14.3 Å². The van der Waals surface area contributed by atoms with E-state index < -0.39 is 5.97 Å². The number of hydrogen-bond acceptors (Lipinski definition) is 6. The fourth-order valence-corrected chi connectivity index (χ4v) is 2.05. The van der Waals surface area contributed by atoms with Gasteiger partial charge in [0, 0.05) is 23.6 Å². The average Bonchev–Trinajstić information content (AvgIpc) is 2.99. The molecular weight excluding hydrogens is 320 g/mol. The molecule has 1 aromatic heterocycles. The van der Waals surface area contributed by atoms with Crippen LogP contribution in [0.2, 0.25) is 5.02 Å². The molecule has 0 spiro atoms. The van der Waals surface area contributed by atoms with Crippen LogP contribution in [0.4, 0.5) is 0 Å². The van der Waals surface area contributed by atoms with Crippen molar-refractivity contribution in [1.29, 1.82) is 0 Å². The molecule has 0 atom stereocenters. The Kier molecular flexibility index (Phi) is 6.22. The Balaban J connectivity index is 1.77. The van der Waals surface area contributed by atoms with Gasteiger partial charge in [0.15, 0.2) is 18.2 Å². The van der Waals surface area contributed by atoms with Gasteiger partial charge in [-0.05, 0) is 41.1 Å². The molecule has 8 heteroatoms. The third kappa shape index (κ3) is 5.14. The van der Waals surface area contributed by atoms with Crippen molar-refractivity contribution in [2.45, 2.75) is 39.3 Å². The van der Waals surface area contributed by atoms with Gasteiger partial charge in [-0.2, -0.15) is 0 Å². The summed E-state index contributed by atoms with van der Waals surface area (Å²) in [4.78, 5) is 23.7. The van der Waals surface area contributed by atoms with Crippen molar-refractivity contribution in [2.75, 3.05) is 0 Å². The van der Waals surface area contributed by atoms with Crippen LogP contribution < -0.4 is 0 Å². The van der Waals surface area contributed by atoms with E-state index in [0.29, 0.717) is 23.0 Å². The predicted molar refractivity (Wildman–Crippen MR) is 82.9 cm³/mol. The average molecular weight is 337 g/mol. The van der Waals surface area contributed by atoms with E-state index in [2.05, 4.69) is 15.5 Å². The minimum absolute atomic E-state index is 0.000961. The molecular formula is C15H17ClN4O3. The Morgan fingerprint density at radius 3 is 2.65 bits per heavy atom. The fourth-order valence-electron chi connectivity index (χ4n) is 1.93. The van der Waals surface area contributed by atoms with Crippen LogP contribution >= 0.6 is 11.6 Å². The van der Waals surface area contributed by atoms with Crippen LogP contribution in [0.25, 0.3) is 0 Å². The van der Waals surface area contributed by atoms with Crippen LogP contribution in [0.15, 0.2) is 24.3 Å². The lowest BCUT2D eigenvalue weighted by molar-refractivity contribution is -0.145. The lowest BCUT2D eigenvalue weighted by atomic mass is 10.1. The van der Waals surface area contributed by atoms with Crippen LogP contribution in [0.3, 0.4) is 0 Å². The lowest BCUT2D eigenvalue weighted by Crippen LogP contribution is -2.12. The maximum atomic E-state index is 11.9. The third-order valence-corrected chi connectivity index (χ3v) is 3.38. The highest BCUT2D eigenvalue weighted by molar-refractivity contribution is 6.30. The van der Waals surface area contributed by atoms with E-state index in [9.17, 15) is 9.59 Å². The van der Waals surface area contributed by atoms with Gasteiger partial charge in [-0.1, -0.05) is 18.5 Å². The number of ketones is 1. The molecule has 0 fully saturated rings. The minimum atomic E-state index is -0.460. The second kappa shape index (κ2) is 8.38. The van der Waals surface area contributed by atoms with Crippen molar-refractivity contribution in [3.63, 3.8) is 0 Å². The highest BCUT2D eigenvalue weighted by Crippen LogP contribution is 2.12. The predicted octanol–water partition coefficient (Wildman–Crippen LogP) is 2.44. The van der Waals surface area contributed by atoms with Crippen molar-refractivity contribution in [3.05, 3.63) is 40.7 Å². The number of hydrogen-bond donors (Lipinski definition) is 0. The summed E-state index contributed by atoms with van der Waals surface area (Å²) in [5.74, 6) is -0.1000. The molecule has 0 aliphatic rings. The summed E-state index contributed by atoms with van der Waals surface area (Å²) in [6.07, 6.45) is 0.971. The Labute approximate surface area is 138 Å². The van der Waals surface area contributed by atoms with E-state index in [1.54, 1.807) is 28.9 Å². The largest absolute Gasteiger partial charge is 0.457 e. The summed E-state index contributed by atoms with van der Waals surface area (Å²) in [5, 5.41) is 11.7. The molecule has 7 nitrogen and oxygen atoms in total. The Hall–Kier alpha value is -2.28. The van der Waals surface area contributed by atoms with E-state index in [0.717, 1.165) is 6.42 Å². The van der Waals surface area contributed by atoms with Gasteiger partial charge in [0.1, 0.15) is 0 Å². The van der Waals surface area contributed by atoms with Crippen LogP contribution in [0, 0.1) is 0 Å². The molecule has 0 aliphatic carbocycles. The van der Waals surface area contributed by atoms with Gasteiger partial charge >= 0.3 is 5.97 Å². The molecule has 0 radical (unpaired) electrons. The first-order valence-electron chi connectivity index (χ1n) is 7.29. The monoisotopic (exact) mass is 336 g/mol. The quantitative estimate of drug-likeness (QED) is 0.543. The van der Waals surface area contributed by atoms with Crippen molar-refractivity contribution in [3.8, 4) is 0 Å². The van der Waals surface area contributed by atoms with E-state index in [1.165, 1.54) is 0 Å². The maximum Gasteiger partial charge on any atom is 0.306 e. The first-order chi connectivity index (χ1) is 11.1. The zero-order valence-corrected chi connectivity index (χ0v) is 13.5. The molecule has 0 bridgehead atoms. The van der Waals surface area contributed by atoms with Gasteiger partial charge in [0.2, 0.25) is 0 Å². The van der Waals surface area contributed by atoms with Gasteiger partial charge in [0.05, 0.1) is 6.42 Å². The van der Waals surface area contributed by atoms with E-state index in [4.69, 9.17) is 16.3 Å². The number of aromatic nitrogens is 4. The number of tetrazole rings is 1. The smallest absolute Gasteiger partial charge is 0.306 e. The van der Waals surface area contributed by atoms with Crippen LogP contribution in [0.1, 0.15) is 42.4 Å². The Bertz CT molecular complexity index is 670. The van der Waals surface area contributed by atoms with Gasteiger partial charge in [0.25, 0.3) is 0 Å². The molecule has 0 aliphatic heterocycles. The van der Waals surface area contributed by atoms with Crippen molar-refractivity contribution >= 4 is 23.4 Å². The Morgan fingerprint density at radius 2 is 1.96 bits per heavy atom. The summed E-state index contributed by atoms with van der Waals surface area (Å²) < 4.78 is 6.69. The highest BCUT2D eigenvalue weighted by atomic mass is 35.5. The fraction of sp³-hybridized carbons (Fsp3) is 0.400.